The first kappa shape index (κ1) is 21.4. The van der Waals surface area contributed by atoms with Crippen molar-refractivity contribution in [2.45, 2.75) is 50.9 Å². The van der Waals surface area contributed by atoms with Crippen LogP contribution in [0, 0.1) is 0 Å². The van der Waals surface area contributed by atoms with Gasteiger partial charge in [-0.1, -0.05) is 12.1 Å². The lowest BCUT2D eigenvalue weighted by molar-refractivity contribution is 0.203. The predicted molar refractivity (Wildman–Crippen MR) is 127 cm³/mol. The van der Waals surface area contributed by atoms with Gasteiger partial charge < -0.3 is 14.9 Å². The van der Waals surface area contributed by atoms with Gasteiger partial charge in [-0.3, -0.25) is 14.3 Å². The second-order valence-corrected chi connectivity index (χ2v) is 9.43. The summed E-state index contributed by atoms with van der Waals surface area (Å²) in [4.78, 5) is 16.7. The maximum Gasteiger partial charge on any atom is 0.138 e. The number of aromatic nitrogens is 3. The standard InChI is InChI=1S/C25H34N6O/c1-28-14-12-19(15-28)30(3)24-11-5-10-23-27-20(22(17-32)31(23)24)16-29(2)21-9-4-7-18-8-6-13-26-25(18)21/h5-6,8,10-11,13,19,21,32H,4,7,9,12,14-17H2,1-3H3/t19?,21-/m0/s1. The molecule has 4 heterocycles. The smallest absolute Gasteiger partial charge is 0.138 e. The highest BCUT2D eigenvalue weighted by Crippen LogP contribution is 2.33. The number of aryl methyl sites for hydroxylation is 1. The largest absolute Gasteiger partial charge is 0.390 e. The second-order valence-electron chi connectivity index (χ2n) is 9.43. The predicted octanol–water partition coefficient (Wildman–Crippen LogP) is 2.87. The molecule has 1 aliphatic heterocycles. The van der Waals surface area contributed by atoms with Gasteiger partial charge in [0, 0.05) is 32.4 Å². The lowest BCUT2D eigenvalue weighted by Crippen LogP contribution is -2.35. The zero-order chi connectivity index (χ0) is 22.2. The van der Waals surface area contributed by atoms with Gasteiger partial charge in [0.25, 0.3) is 0 Å². The van der Waals surface area contributed by atoms with Crippen molar-refractivity contribution in [1.82, 2.24) is 24.2 Å². The SMILES string of the molecule is CN1CCC(N(C)c2cccc3nc(CN(C)[C@H]4CCCc5cccnc54)c(CO)n23)C1. The van der Waals surface area contributed by atoms with Crippen molar-refractivity contribution in [3.8, 4) is 0 Å². The Balaban J connectivity index is 1.46. The average Bonchev–Trinajstić information content (AvgIpc) is 3.40. The number of hydrogen-bond acceptors (Lipinski definition) is 6. The number of aliphatic hydroxyl groups is 1. The van der Waals surface area contributed by atoms with Crippen LogP contribution < -0.4 is 4.90 Å². The van der Waals surface area contributed by atoms with E-state index >= 15 is 0 Å². The second kappa shape index (κ2) is 8.81. The molecule has 2 aliphatic rings. The molecule has 32 heavy (non-hydrogen) atoms. The van der Waals surface area contributed by atoms with E-state index in [1.54, 1.807) is 0 Å². The molecule has 0 spiro atoms. The van der Waals surface area contributed by atoms with E-state index in [1.165, 1.54) is 17.7 Å². The first-order valence-corrected chi connectivity index (χ1v) is 11.7. The number of rotatable bonds is 6. The van der Waals surface area contributed by atoms with E-state index in [9.17, 15) is 5.11 Å². The summed E-state index contributed by atoms with van der Waals surface area (Å²) < 4.78 is 2.15. The van der Waals surface area contributed by atoms with Gasteiger partial charge in [-0.05, 0) is 70.1 Å². The van der Waals surface area contributed by atoms with Crippen LogP contribution in [-0.4, -0.2) is 69.5 Å². The first-order chi connectivity index (χ1) is 15.6. The Labute approximate surface area is 190 Å². The first-order valence-electron chi connectivity index (χ1n) is 11.7. The molecule has 0 amide bonds. The number of pyridine rings is 2. The van der Waals surface area contributed by atoms with E-state index in [0.29, 0.717) is 12.6 Å². The fourth-order valence-corrected chi connectivity index (χ4v) is 5.52. The molecule has 1 unspecified atom stereocenters. The Morgan fingerprint density at radius 3 is 2.81 bits per heavy atom. The quantitative estimate of drug-likeness (QED) is 0.644. The third-order valence-electron chi connectivity index (χ3n) is 7.32. The number of likely N-dealkylation sites (tertiary alicyclic amines) is 1. The highest BCUT2D eigenvalue weighted by molar-refractivity contribution is 5.55. The summed E-state index contributed by atoms with van der Waals surface area (Å²) in [5.41, 5.74) is 5.29. The van der Waals surface area contributed by atoms with E-state index in [4.69, 9.17) is 9.97 Å². The zero-order valence-corrected chi connectivity index (χ0v) is 19.4. The van der Waals surface area contributed by atoms with E-state index in [2.05, 4.69) is 58.4 Å². The Kier molecular flexibility index (Phi) is 5.88. The molecule has 5 rings (SSSR count). The zero-order valence-electron chi connectivity index (χ0n) is 19.4. The number of imidazole rings is 1. The van der Waals surface area contributed by atoms with Crippen LogP contribution in [0.4, 0.5) is 5.82 Å². The van der Waals surface area contributed by atoms with Crippen LogP contribution in [0.25, 0.3) is 5.65 Å². The van der Waals surface area contributed by atoms with Crippen LogP contribution in [0.3, 0.4) is 0 Å². The number of aliphatic hydroxyl groups excluding tert-OH is 1. The van der Waals surface area contributed by atoms with Crippen molar-refractivity contribution in [2.75, 3.05) is 39.1 Å². The Hall–Kier alpha value is -2.48. The Morgan fingerprint density at radius 2 is 2.03 bits per heavy atom. The summed E-state index contributed by atoms with van der Waals surface area (Å²) in [5.74, 6) is 1.10. The molecular formula is C25H34N6O. The number of hydrogen-bond donors (Lipinski definition) is 1. The van der Waals surface area contributed by atoms with Crippen molar-refractivity contribution in [3.63, 3.8) is 0 Å². The third-order valence-corrected chi connectivity index (χ3v) is 7.32. The summed E-state index contributed by atoms with van der Waals surface area (Å²) in [6.07, 6.45) is 6.44. The van der Waals surface area contributed by atoms with Crippen LogP contribution in [0.5, 0.6) is 0 Å². The van der Waals surface area contributed by atoms with Gasteiger partial charge in [0.05, 0.1) is 29.7 Å². The third kappa shape index (κ3) is 3.78. The van der Waals surface area contributed by atoms with Gasteiger partial charge in [0.15, 0.2) is 0 Å². The normalized spacial score (nSPS) is 21.4. The molecule has 2 atom stereocenters. The molecule has 0 bridgehead atoms. The maximum atomic E-state index is 10.4. The summed E-state index contributed by atoms with van der Waals surface area (Å²) in [6, 6.07) is 11.2. The lowest BCUT2D eigenvalue weighted by Gasteiger charge is -2.32. The summed E-state index contributed by atoms with van der Waals surface area (Å²) >= 11 is 0. The average molecular weight is 435 g/mol. The highest BCUT2D eigenvalue weighted by Gasteiger charge is 2.28. The summed E-state index contributed by atoms with van der Waals surface area (Å²) in [5, 5.41) is 10.4. The number of likely N-dealkylation sites (N-methyl/N-ethyl adjacent to an activating group) is 2. The molecule has 3 aromatic rings. The topological polar surface area (TPSA) is 60.1 Å². The molecule has 3 aromatic heterocycles. The van der Waals surface area contributed by atoms with E-state index < -0.39 is 0 Å². The molecular weight excluding hydrogens is 400 g/mol. The molecule has 1 saturated heterocycles. The number of anilines is 1. The van der Waals surface area contributed by atoms with Crippen molar-refractivity contribution >= 4 is 11.5 Å². The number of nitrogens with zero attached hydrogens (tertiary/aromatic N) is 6. The molecule has 0 aromatic carbocycles. The summed E-state index contributed by atoms with van der Waals surface area (Å²) in [6.45, 7) is 2.83. The van der Waals surface area contributed by atoms with Gasteiger partial charge >= 0.3 is 0 Å². The lowest BCUT2D eigenvalue weighted by atomic mass is 9.91. The molecule has 0 saturated carbocycles. The van der Waals surface area contributed by atoms with Crippen LogP contribution in [0.15, 0.2) is 36.5 Å². The molecule has 0 radical (unpaired) electrons. The molecule has 1 fully saturated rings. The molecule has 7 nitrogen and oxygen atoms in total. The van der Waals surface area contributed by atoms with E-state index in [1.807, 2.05) is 18.3 Å². The van der Waals surface area contributed by atoms with Crippen LogP contribution in [-0.2, 0) is 19.6 Å². The maximum absolute atomic E-state index is 10.4. The summed E-state index contributed by atoms with van der Waals surface area (Å²) in [7, 11) is 6.49. The van der Waals surface area contributed by atoms with E-state index in [-0.39, 0.29) is 12.6 Å². The minimum absolute atomic E-state index is 0.0285. The van der Waals surface area contributed by atoms with Gasteiger partial charge in [0.1, 0.15) is 11.5 Å². The van der Waals surface area contributed by atoms with Gasteiger partial charge in [-0.25, -0.2) is 4.98 Å². The van der Waals surface area contributed by atoms with Crippen molar-refractivity contribution < 1.29 is 5.11 Å². The monoisotopic (exact) mass is 434 g/mol. The minimum Gasteiger partial charge on any atom is -0.390 e. The van der Waals surface area contributed by atoms with Gasteiger partial charge in [-0.2, -0.15) is 0 Å². The Bertz CT molecular complexity index is 1100. The highest BCUT2D eigenvalue weighted by atomic mass is 16.3. The van der Waals surface area contributed by atoms with Crippen molar-refractivity contribution in [1.29, 1.82) is 0 Å². The molecule has 7 heteroatoms. The fraction of sp³-hybridized carbons (Fsp3) is 0.520. The molecule has 1 N–H and O–H groups in total. The fourth-order valence-electron chi connectivity index (χ4n) is 5.52. The van der Waals surface area contributed by atoms with Crippen molar-refractivity contribution in [3.05, 3.63) is 59.2 Å². The van der Waals surface area contributed by atoms with Gasteiger partial charge in [0.2, 0.25) is 0 Å². The van der Waals surface area contributed by atoms with Crippen LogP contribution >= 0.6 is 0 Å². The van der Waals surface area contributed by atoms with Crippen molar-refractivity contribution in [2.24, 2.45) is 0 Å². The minimum atomic E-state index is -0.0285. The van der Waals surface area contributed by atoms with Gasteiger partial charge in [-0.15, -0.1) is 0 Å². The van der Waals surface area contributed by atoms with Crippen LogP contribution in [0.1, 0.15) is 47.9 Å². The molecule has 170 valence electrons. The Morgan fingerprint density at radius 1 is 1.16 bits per heavy atom. The van der Waals surface area contributed by atoms with Crippen LogP contribution in [0.2, 0.25) is 0 Å². The number of fused-ring (bicyclic) bond motifs is 2. The van der Waals surface area contributed by atoms with E-state index in [0.717, 1.165) is 55.2 Å². The molecule has 1 aliphatic carbocycles.